The van der Waals surface area contributed by atoms with Crippen molar-refractivity contribution < 1.29 is 23.7 Å². The highest BCUT2D eigenvalue weighted by Crippen LogP contribution is 2.40. The quantitative estimate of drug-likeness (QED) is 0.569. The summed E-state index contributed by atoms with van der Waals surface area (Å²) in [6, 6.07) is 11.0. The Morgan fingerprint density at radius 1 is 0.926 bits per heavy atom. The Morgan fingerprint density at radius 3 is 1.96 bits per heavy atom. The second kappa shape index (κ2) is 9.52. The molecular weight excluding hydrogens is 346 g/mol. The van der Waals surface area contributed by atoms with E-state index in [1.165, 1.54) is 7.11 Å². The van der Waals surface area contributed by atoms with Crippen molar-refractivity contribution in [2.24, 2.45) is 0 Å². The molecule has 1 amide bonds. The van der Waals surface area contributed by atoms with Crippen LogP contribution in [0.4, 0.5) is 0 Å². The van der Waals surface area contributed by atoms with E-state index < -0.39 is 0 Å². The van der Waals surface area contributed by atoms with Crippen LogP contribution in [0.15, 0.2) is 36.4 Å². The van der Waals surface area contributed by atoms with Gasteiger partial charge in [-0.05, 0) is 48.4 Å². The normalized spacial score (nSPS) is 10.9. The molecule has 0 atom stereocenters. The molecule has 0 aliphatic heterocycles. The molecule has 2 aromatic rings. The van der Waals surface area contributed by atoms with E-state index in [2.05, 4.69) is 5.32 Å². The molecule has 0 aliphatic carbocycles. The molecule has 1 N–H and O–H groups in total. The van der Waals surface area contributed by atoms with E-state index in [0.29, 0.717) is 34.9 Å². The van der Waals surface area contributed by atoms with Crippen molar-refractivity contribution in [3.63, 3.8) is 0 Å². The first kappa shape index (κ1) is 20.2. The zero-order valence-electron chi connectivity index (χ0n) is 16.3. The number of nitrogens with one attached hydrogen (secondary N) is 1. The molecule has 2 rings (SSSR count). The third kappa shape index (κ3) is 4.73. The molecule has 27 heavy (non-hydrogen) atoms. The lowest BCUT2D eigenvalue weighted by Gasteiger charge is -2.16. The summed E-state index contributed by atoms with van der Waals surface area (Å²) in [4.78, 5) is 12.7. The average molecular weight is 371 g/mol. The van der Waals surface area contributed by atoms with Gasteiger partial charge in [-0.1, -0.05) is 12.1 Å². The zero-order valence-corrected chi connectivity index (χ0v) is 16.3. The van der Waals surface area contributed by atoms with Crippen LogP contribution in [0.2, 0.25) is 0 Å². The Hall–Kier alpha value is -3.15. The molecule has 6 heteroatoms. The maximum atomic E-state index is 12.7. The lowest BCUT2D eigenvalue weighted by atomic mass is 10.0. The number of carbonyl (C=O) groups is 1. The molecule has 0 heterocycles. The van der Waals surface area contributed by atoms with E-state index in [9.17, 15) is 4.79 Å². The third-order valence-corrected chi connectivity index (χ3v) is 3.98. The third-order valence-electron chi connectivity index (χ3n) is 3.98. The van der Waals surface area contributed by atoms with Crippen LogP contribution < -0.4 is 24.3 Å². The van der Waals surface area contributed by atoms with Gasteiger partial charge in [0.05, 0.1) is 28.4 Å². The number of benzene rings is 2. The van der Waals surface area contributed by atoms with Crippen molar-refractivity contribution in [2.45, 2.75) is 6.92 Å². The summed E-state index contributed by atoms with van der Waals surface area (Å²) in [7, 11) is 6.24. The first-order valence-corrected chi connectivity index (χ1v) is 8.52. The van der Waals surface area contributed by atoms with Gasteiger partial charge in [0.25, 0.3) is 5.91 Å². The summed E-state index contributed by atoms with van der Waals surface area (Å²) in [5.74, 6) is 2.00. The van der Waals surface area contributed by atoms with E-state index in [1.54, 1.807) is 33.5 Å². The van der Waals surface area contributed by atoms with E-state index in [0.717, 1.165) is 11.3 Å². The summed E-state index contributed by atoms with van der Waals surface area (Å²) in [5.41, 5.74) is 2.01. The maximum absolute atomic E-state index is 12.7. The topological polar surface area (TPSA) is 66.0 Å². The predicted molar refractivity (Wildman–Crippen MR) is 106 cm³/mol. The minimum Gasteiger partial charge on any atom is -0.497 e. The van der Waals surface area contributed by atoms with Crippen LogP contribution in [0.3, 0.4) is 0 Å². The van der Waals surface area contributed by atoms with Gasteiger partial charge in [-0.3, -0.25) is 4.79 Å². The standard InChI is InChI=1S/C21H25NO5/c1-6-22-21(23)17(11-14-7-9-16(24-2)10-8-14)15-12-18(25-3)20(27-5)19(13-15)26-4/h7-13H,6H2,1-5H3,(H,22,23)/b17-11-. The highest BCUT2D eigenvalue weighted by atomic mass is 16.5. The Morgan fingerprint density at radius 2 is 1.52 bits per heavy atom. The van der Waals surface area contributed by atoms with Gasteiger partial charge in [0.2, 0.25) is 5.75 Å². The average Bonchev–Trinajstić information content (AvgIpc) is 2.71. The summed E-state index contributed by atoms with van der Waals surface area (Å²) in [5, 5.41) is 2.85. The van der Waals surface area contributed by atoms with E-state index in [1.807, 2.05) is 37.3 Å². The van der Waals surface area contributed by atoms with Crippen LogP contribution in [-0.2, 0) is 4.79 Å². The summed E-state index contributed by atoms with van der Waals surface area (Å²) in [6.45, 7) is 2.39. The number of rotatable bonds is 8. The Kier molecular flexibility index (Phi) is 7.11. The Balaban J connectivity index is 2.59. The molecule has 0 radical (unpaired) electrons. The molecule has 144 valence electrons. The summed E-state index contributed by atoms with van der Waals surface area (Å²) >= 11 is 0. The Bertz CT molecular complexity index is 787. The van der Waals surface area contributed by atoms with Gasteiger partial charge in [-0.2, -0.15) is 0 Å². The number of hydrogen-bond donors (Lipinski definition) is 1. The van der Waals surface area contributed by atoms with Crippen molar-refractivity contribution >= 4 is 17.6 Å². The summed E-state index contributed by atoms with van der Waals surface area (Å²) < 4.78 is 21.4. The van der Waals surface area contributed by atoms with E-state index in [-0.39, 0.29) is 5.91 Å². The van der Waals surface area contributed by atoms with Crippen molar-refractivity contribution in [1.29, 1.82) is 0 Å². The maximum Gasteiger partial charge on any atom is 0.251 e. The highest BCUT2D eigenvalue weighted by molar-refractivity contribution is 6.24. The molecule has 6 nitrogen and oxygen atoms in total. The first-order valence-electron chi connectivity index (χ1n) is 8.52. The number of ether oxygens (including phenoxy) is 4. The molecule has 0 aromatic heterocycles. The van der Waals surface area contributed by atoms with Crippen LogP contribution in [0.5, 0.6) is 23.0 Å². The fraction of sp³-hybridized carbons (Fsp3) is 0.286. The lowest BCUT2D eigenvalue weighted by Crippen LogP contribution is -2.23. The molecule has 0 unspecified atom stereocenters. The van der Waals surface area contributed by atoms with Crippen LogP contribution in [0.1, 0.15) is 18.1 Å². The fourth-order valence-corrected chi connectivity index (χ4v) is 2.64. The number of methoxy groups -OCH3 is 4. The SMILES string of the molecule is CCNC(=O)/C(=C\c1ccc(OC)cc1)c1cc(OC)c(OC)c(OC)c1. The van der Waals surface area contributed by atoms with Gasteiger partial charge in [-0.15, -0.1) is 0 Å². The molecule has 2 aromatic carbocycles. The van der Waals surface area contributed by atoms with Crippen LogP contribution in [-0.4, -0.2) is 40.9 Å². The van der Waals surface area contributed by atoms with Crippen molar-refractivity contribution in [2.75, 3.05) is 35.0 Å². The smallest absolute Gasteiger partial charge is 0.251 e. The monoisotopic (exact) mass is 371 g/mol. The molecule has 0 fully saturated rings. The van der Waals surface area contributed by atoms with Gasteiger partial charge in [-0.25, -0.2) is 0 Å². The van der Waals surface area contributed by atoms with Crippen LogP contribution in [0.25, 0.3) is 11.6 Å². The molecule has 0 aliphatic rings. The highest BCUT2D eigenvalue weighted by Gasteiger charge is 2.18. The van der Waals surface area contributed by atoms with Crippen molar-refractivity contribution in [1.82, 2.24) is 5.32 Å². The lowest BCUT2D eigenvalue weighted by molar-refractivity contribution is -0.115. The Labute approximate surface area is 159 Å². The van der Waals surface area contributed by atoms with E-state index in [4.69, 9.17) is 18.9 Å². The largest absolute Gasteiger partial charge is 0.497 e. The predicted octanol–water partition coefficient (Wildman–Crippen LogP) is 3.40. The number of likely N-dealkylation sites (N-methyl/N-ethyl adjacent to an activating group) is 1. The minimum absolute atomic E-state index is 0.192. The molecule has 0 saturated carbocycles. The van der Waals surface area contributed by atoms with Gasteiger partial charge >= 0.3 is 0 Å². The number of carbonyl (C=O) groups excluding carboxylic acids is 1. The fourth-order valence-electron chi connectivity index (χ4n) is 2.64. The van der Waals surface area contributed by atoms with Gasteiger partial charge < -0.3 is 24.3 Å². The van der Waals surface area contributed by atoms with Gasteiger partial charge in [0, 0.05) is 12.1 Å². The molecular formula is C21H25NO5. The molecule has 0 bridgehead atoms. The summed E-state index contributed by atoms with van der Waals surface area (Å²) in [6.07, 6.45) is 1.81. The van der Waals surface area contributed by atoms with Crippen molar-refractivity contribution in [3.8, 4) is 23.0 Å². The van der Waals surface area contributed by atoms with Gasteiger partial charge in [0.15, 0.2) is 11.5 Å². The molecule has 0 spiro atoms. The first-order chi connectivity index (χ1) is 13.1. The number of amides is 1. The molecule has 0 saturated heterocycles. The second-order valence-corrected chi connectivity index (χ2v) is 5.60. The minimum atomic E-state index is -0.192. The van der Waals surface area contributed by atoms with Gasteiger partial charge in [0.1, 0.15) is 5.75 Å². The number of hydrogen-bond acceptors (Lipinski definition) is 5. The van der Waals surface area contributed by atoms with Crippen LogP contribution >= 0.6 is 0 Å². The van der Waals surface area contributed by atoms with E-state index >= 15 is 0 Å². The zero-order chi connectivity index (χ0) is 19.8. The second-order valence-electron chi connectivity index (χ2n) is 5.60. The van der Waals surface area contributed by atoms with Crippen molar-refractivity contribution in [3.05, 3.63) is 47.5 Å². The van der Waals surface area contributed by atoms with Crippen LogP contribution in [0, 0.1) is 0 Å².